The van der Waals surface area contributed by atoms with Crippen LogP contribution in [0.3, 0.4) is 0 Å². The zero-order chi connectivity index (χ0) is 15.3. The fraction of sp³-hybridized carbons (Fsp3) is 0.667. The van der Waals surface area contributed by atoms with Crippen molar-refractivity contribution in [3.63, 3.8) is 0 Å². The number of thiol groups is 1. The van der Waals surface area contributed by atoms with Gasteiger partial charge in [0.2, 0.25) is 0 Å². The molecule has 1 rings (SSSR count). The Bertz CT molecular complexity index is 418. The van der Waals surface area contributed by atoms with Gasteiger partial charge < -0.3 is 4.74 Å². The van der Waals surface area contributed by atoms with Gasteiger partial charge in [-0.1, -0.05) is 53.7 Å². The molecule has 114 valence electrons. The van der Waals surface area contributed by atoms with Gasteiger partial charge in [-0.2, -0.15) is 12.6 Å². The molecule has 0 saturated heterocycles. The topological polar surface area (TPSA) is 9.23 Å². The van der Waals surface area contributed by atoms with Crippen LogP contribution in [0.25, 0.3) is 0 Å². The minimum absolute atomic E-state index is 0.100. The van der Waals surface area contributed by atoms with Crippen molar-refractivity contribution in [2.75, 3.05) is 12.4 Å². The first-order valence-corrected chi connectivity index (χ1v) is 8.27. The fourth-order valence-corrected chi connectivity index (χ4v) is 2.57. The first kappa shape index (κ1) is 17.4. The molecule has 0 amide bonds. The van der Waals surface area contributed by atoms with Crippen molar-refractivity contribution < 1.29 is 4.74 Å². The predicted octanol–water partition coefficient (Wildman–Crippen LogP) is 5.44. The van der Waals surface area contributed by atoms with Crippen LogP contribution in [0.1, 0.15) is 65.0 Å². The van der Waals surface area contributed by atoms with Gasteiger partial charge in [-0.15, -0.1) is 0 Å². The second-order valence-electron chi connectivity index (χ2n) is 7.12. The molecule has 0 aliphatic heterocycles. The molecular weight excluding hydrogens is 264 g/mol. The Morgan fingerprint density at radius 2 is 1.80 bits per heavy atom. The summed E-state index contributed by atoms with van der Waals surface area (Å²) in [6, 6.07) is 6.68. The maximum atomic E-state index is 6.00. The van der Waals surface area contributed by atoms with Crippen LogP contribution >= 0.6 is 12.6 Å². The molecule has 20 heavy (non-hydrogen) atoms. The highest BCUT2D eigenvalue weighted by Gasteiger charge is 2.21. The first-order chi connectivity index (χ1) is 9.25. The summed E-state index contributed by atoms with van der Waals surface area (Å²) in [5.74, 6) is 3.06. The van der Waals surface area contributed by atoms with E-state index in [9.17, 15) is 0 Å². The van der Waals surface area contributed by atoms with Gasteiger partial charge in [0.05, 0.1) is 6.61 Å². The third kappa shape index (κ3) is 5.05. The molecule has 0 N–H and O–H groups in total. The second kappa shape index (κ2) is 7.40. The van der Waals surface area contributed by atoms with E-state index in [1.807, 2.05) is 0 Å². The van der Waals surface area contributed by atoms with E-state index in [1.54, 1.807) is 0 Å². The molecule has 0 aromatic heterocycles. The Morgan fingerprint density at radius 1 is 1.15 bits per heavy atom. The highest BCUT2D eigenvalue weighted by molar-refractivity contribution is 7.80. The van der Waals surface area contributed by atoms with Crippen LogP contribution in [0.5, 0.6) is 5.75 Å². The summed E-state index contributed by atoms with van der Waals surface area (Å²) in [5, 5.41) is 0. The van der Waals surface area contributed by atoms with Crippen LogP contribution in [0.2, 0.25) is 0 Å². The maximum absolute atomic E-state index is 6.00. The van der Waals surface area contributed by atoms with Gasteiger partial charge in [0.1, 0.15) is 5.75 Å². The minimum atomic E-state index is 0.100. The van der Waals surface area contributed by atoms with Crippen molar-refractivity contribution >= 4 is 12.6 Å². The Balaban J connectivity index is 3.07. The lowest BCUT2D eigenvalue weighted by Gasteiger charge is -2.25. The zero-order valence-electron chi connectivity index (χ0n) is 13.9. The van der Waals surface area contributed by atoms with E-state index in [0.29, 0.717) is 11.8 Å². The van der Waals surface area contributed by atoms with Crippen LogP contribution in [-0.4, -0.2) is 12.4 Å². The van der Waals surface area contributed by atoms with Crippen LogP contribution in [0.4, 0.5) is 0 Å². The SMILES string of the molecule is CC(C)COc1ccc(C(C)CCS)cc1C(C)(C)C. The standard InChI is InChI=1S/C18H30OS/c1-13(2)12-19-17-8-7-15(14(3)9-10-20)11-16(17)18(4,5)6/h7-8,11,13-14,20H,9-10,12H2,1-6H3. The summed E-state index contributed by atoms with van der Waals surface area (Å²) in [7, 11) is 0. The van der Waals surface area contributed by atoms with E-state index < -0.39 is 0 Å². The second-order valence-corrected chi connectivity index (χ2v) is 7.57. The molecule has 0 fully saturated rings. The Morgan fingerprint density at radius 3 is 2.30 bits per heavy atom. The van der Waals surface area contributed by atoms with Crippen molar-refractivity contribution in [1.29, 1.82) is 0 Å². The largest absolute Gasteiger partial charge is 0.493 e. The average Bonchev–Trinajstić information content (AvgIpc) is 2.35. The lowest BCUT2D eigenvalue weighted by Crippen LogP contribution is -2.16. The predicted molar refractivity (Wildman–Crippen MR) is 92.4 cm³/mol. The van der Waals surface area contributed by atoms with Crippen LogP contribution < -0.4 is 4.74 Å². The van der Waals surface area contributed by atoms with Gasteiger partial charge in [-0.25, -0.2) is 0 Å². The number of ether oxygens (including phenoxy) is 1. The molecule has 0 bridgehead atoms. The molecule has 1 unspecified atom stereocenters. The molecule has 2 heteroatoms. The molecule has 0 heterocycles. The molecule has 0 spiro atoms. The van der Waals surface area contributed by atoms with Crippen LogP contribution in [0.15, 0.2) is 18.2 Å². The average molecular weight is 295 g/mol. The smallest absolute Gasteiger partial charge is 0.123 e. The molecule has 1 atom stereocenters. The molecule has 1 aromatic carbocycles. The summed E-state index contributed by atoms with van der Waals surface area (Å²) >= 11 is 4.34. The Labute approximate surface area is 130 Å². The van der Waals surface area contributed by atoms with Crippen molar-refractivity contribution in [3.05, 3.63) is 29.3 Å². The van der Waals surface area contributed by atoms with Crippen molar-refractivity contribution in [3.8, 4) is 5.75 Å². The summed E-state index contributed by atoms with van der Waals surface area (Å²) < 4.78 is 6.00. The quantitative estimate of drug-likeness (QED) is 0.687. The van der Waals surface area contributed by atoms with Crippen LogP contribution in [0, 0.1) is 5.92 Å². The van der Waals surface area contributed by atoms with E-state index in [1.165, 1.54) is 11.1 Å². The lowest BCUT2D eigenvalue weighted by molar-refractivity contribution is 0.265. The molecule has 0 aliphatic carbocycles. The molecule has 0 radical (unpaired) electrons. The van der Waals surface area contributed by atoms with Gasteiger partial charge >= 0.3 is 0 Å². The maximum Gasteiger partial charge on any atom is 0.123 e. The van der Waals surface area contributed by atoms with Gasteiger partial charge in [0, 0.05) is 0 Å². The highest BCUT2D eigenvalue weighted by atomic mass is 32.1. The summed E-state index contributed by atoms with van der Waals surface area (Å²) in [4.78, 5) is 0. The highest BCUT2D eigenvalue weighted by Crippen LogP contribution is 2.34. The van der Waals surface area contributed by atoms with Crippen LogP contribution in [-0.2, 0) is 5.41 Å². The summed E-state index contributed by atoms with van der Waals surface area (Å²) in [5.41, 5.74) is 2.80. The number of hydrogen-bond acceptors (Lipinski definition) is 2. The zero-order valence-corrected chi connectivity index (χ0v) is 14.8. The van der Waals surface area contributed by atoms with E-state index in [0.717, 1.165) is 24.5 Å². The number of rotatable bonds is 6. The van der Waals surface area contributed by atoms with Gasteiger partial charge in [-0.3, -0.25) is 0 Å². The lowest BCUT2D eigenvalue weighted by atomic mass is 9.83. The third-order valence-corrected chi connectivity index (χ3v) is 3.77. The van der Waals surface area contributed by atoms with Gasteiger partial charge in [-0.05, 0) is 46.6 Å². The molecule has 0 saturated carbocycles. The number of benzene rings is 1. The Kier molecular flexibility index (Phi) is 6.44. The van der Waals surface area contributed by atoms with Gasteiger partial charge in [0.25, 0.3) is 0 Å². The normalized spacial score (nSPS) is 13.6. The van der Waals surface area contributed by atoms with Gasteiger partial charge in [0.15, 0.2) is 0 Å². The molecular formula is C18H30OS. The minimum Gasteiger partial charge on any atom is -0.493 e. The molecule has 0 aliphatic rings. The summed E-state index contributed by atoms with van der Waals surface area (Å²) in [6.45, 7) is 14.1. The Hall–Kier alpha value is -0.630. The fourth-order valence-electron chi connectivity index (χ4n) is 2.18. The summed E-state index contributed by atoms with van der Waals surface area (Å²) in [6.07, 6.45) is 1.11. The van der Waals surface area contributed by atoms with E-state index >= 15 is 0 Å². The molecule has 1 aromatic rings. The van der Waals surface area contributed by atoms with Crippen molar-refractivity contribution in [1.82, 2.24) is 0 Å². The first-order valence-electron chi connectivity index (χ1n) is 7.63. The van der Waals surface area contributed by atoms with E-state index in [2.05, 4.69) is 72.4 Å². The molecule has 1 nitrogen and oxygen atoms in total. The van der Waals surface area contributed by atoms with E-state index in [4.69, 9.17) is 4.74 Å². The van der Waals surface area contributed by atoms with E-state index in [-0.39, 0.29) is 5.41 Å². The number of hydrogen-bond donors (Lipinski definition) is 1. The van der Waals surface area contributed by atoms with Crippen molar-refractivity contribution in [2.24, 2.45) is 5.92 Å². The monoisotopic (exact) mass is 294 g/mol. The van der Waals surface area contributed by atoms with Crippen molar-refractivity contribution in [2.45, 2.75) is 59.3 Å². The third-order valence-electron chi connectivity index (χ3n) is 3.51.